The fourth-order valence-corrected chi connectivity index (χ4v) is 3.23. The van der Waals surface area contributed by atoms with Crippen molar-refractivity contribution >= 4 is 33.2 Å². The second kappa shape index (κ2) is 5.80. The Balaban J connectivity index is 2.75. The van der Waals surface area contributed by atoms with E-state index in [4.69, 9.17) is 5.11 Å². The van der Waals surface area contributed by atoms with Gasteiger partial charge in [0.25, 0.3) is 0 Å². The lowest BCUT2D eigenvalue weighted by atomic mass is 10.3. The fraction of sp³-hybridized carbons (Fsp3) is 0.545. The molecule has 1 N–H and O–H groups in total. The number of thiophene rings is 1. The van der Waals surface area contributed by atoms with E-state index in [9.17, 15) is 4.79 Å². The van der Waals surface area contributed by atoms with Gasteiger partial charge < -0.3 is 5.11 Å². The van der Waals surface area contributed by atoms with Gasteiger partial charge in [0.15, 0.2) is 0 Å². The summed E-state index contributed by atoms with van der Waals surface area (Å²) < 4.78 is 1.08. The molecule has 0 bridgehead atoms. The minimum Gasteiger partial charge on any atom is -0.480 e. The minimum atomic E-state index is -0.780. The maximum Gasteiger partial charge on any atom is 0.317 e. The molecule has 0 aliphatic rings. The van der Waals surface area contributed by atoms with Gasteiger partial charge in [0, 0.05) is 26.8 Å². The lowest BCUT2D eigenvalue weighted by Gasteiger charge is -2.23. The number of aryl methyl sites for hydroxylation is 1. The smallest absolute Gasteiger partial charge is 0.317 e. The van der Waals surface area contributed by atoms with Crippen LogP contribution in [0.5, 0.6) is 0 Å². The highest BCUT2D eigenvalue weighted by atomic mass is 79.9. The van der Waals surface area contributed by atoms with Gasteiger partial charge in [-0.05, 0) is 42.8 Å². The molecule has 0 atom stereocenters. The van der Waals surface area contributed by atoms with E-state index in [1.807, 2.05) is 18.7 Å². The molecule has 1 heterocycles. The lowest BCUT2D eigenvalue weighted by Crippen LogP contribution is -2.34. The SMILES string of the molecule is Cc1cc(Br)c(CN(CC(=O)O)C(C)C)s1. The Hall–Kier alpha value is -0.390. The van der Waals surface area contributed by atoms with Crippen molar-refractivity contribution in [3.05, 3.63) is 20.3 Å². The molecule has 0 aromatic carbocycles. The molecular formula is C11H16BrNO2S. The molecule has 1 aromatic heterocycles. The van der Waals surface area contributed by atoms with Crippen molar-refractivity contribution in [1.29, 1.82) is 0 Å². The Labute approximate surface area is 108 Å². The minimum absolute atomic E-state index is 0.0844. The topological polar surface area (TPSA) is 40.5 Å². The van der Waals surface area contributed by atoms with Gasteiger partial charge in [-0.2, -0.15) is 0 Å². The van der Waals surface area contributed by atoms with E-state index >= 15 is 0 Å². The Morgan fingerprint density at radius 2 is 2.25 bits per heavy atom. The number of hydrogen-bond acceptors (Lipinski definition) is 3. The quantitative estimate of drug-likeness (QED) is 0.908. The zero-order valence-corrected chi connectivity index (χ0v) is 12.1. The first-order valence-electron chi connectivity index (χ1n) is 5.10. The van der Waals surface area contributed by atoms with Crippen molar-refractivity contribution in [1.82, 2.24) is 4.90 Å². The maximum atomic E-state index is 10.7. The molecule has 0 amide bonds. The van der Waals surface area contributed by atoms with Gasteiger partial charge in [-0.25, -0.2) is 0 Å². The van der Waals surface area contributed by atoms with Crippen molar-refractivity contribution in [2.45, 2.75) is 33.4 Å². The van der Waals surface area contributed by atoms with Crippen LogP contribution in [0.15, 0.2) is 10.5 Å². The predicted octanol–water partition coefficient (Wildman–Crippen LogP) is 3.11. The number of hydrogen-bond donors (Lipinski definition) is 1. The Morgan fingerprint density at radius 1 is 1.62 bits per heavy atom. The lowest BCUT2D eigenvalue weighted by molar-refractivity contribution is -0.138. The molecule has 0 fully saturated rings. The summed E-state index contributed by atoms with van der Waals surface area (Å²) in [4.78, 5) is 15.1. The van der Waals surface area contributed by atoms with Crippen LogP contribution in [0, 0.1) is 6.92 Å². The van der Waals surface area contributed by atoms with Crippen LogP contribution in [-0.4, -0.2) is 28.6 Å². The summed E-state index contributed by atoms with van der Waals surface area (Å²) in [6.07, 6.45) is 0. The molecule has 0 saturated heterocycles. The first-order valence-corrected chi connectivity index (χ1v) is 6.71. The molecule has 0 aliphatic heterocycles. The van der Waals surface area contributed by atoms with Crippen molar-refractivity contribution in [2.24, 2.45) is 0 Å². The van der Waals surface area contributed by atoms with Crippen LogP contribution in [0.4, 0.5) is 0 Å². The molecule has 0 spiro atoms. The highest BCUT2D eigenvalue weighted by Gasteiger charge is 2.16. The van der Waals surface area contributed by atoms with Gasteiger partial charge in [0.05, 0.1) is 6.54 Å². The molecule has 0 saturated carbocycles. The molecule has 5 heteroatoms. The fourth-order valence-electron chi connectivity index (χ4n) is 1.42. The summed E-state index contributed by atoms with van der Waals surface area (Å²) >= 11 is 5.20. The molecule has 1 rings (SSSR count). The third kappa shape index (κ3) is 3.88. The first kappa shape index (κ1) is 13.7. The summed E-state index contributed by atoms with van der Waals surface area (Å²) in [7, 11) is 0. The van der Waals surface area contributed by atoms with Crippen LogP contribution in [0.3, 0.4) is 0 Å². The number of halogens is 1. The van der Waals surface area contributed by atoms with Gasteiger partial charge >= 0.3 is 5.97 Å². The highest BCUT2D eigenvalue weighted by Crippen LogP contribution is 2.28. The third-order valence-electron chi connectivity index (χ3n) is 2.30. The summed E-state index contributed by atoms with van der Waals surface area (Å²) in [5.41, 5.74) is 0. The number of rotatable bonds is 5. The van der Waals surface area contributed by atoms with Crippen LogP contribution in [0.1, 0.15) is 23.6 Å². The van der Waals surface area contributed by atoms with E-state index in [0.29, 0.717) is 6.54 Å². The van der Waals surface area contributed by atoms with E-state index in [1.54, 1.807) is 11.3 Å². The van der Waals surface area contributed by atoms with E-state index in [1.165, 1.54) is 9.75 Å². The number of nitrogens with zero attached hydrogens (tertiary/aromatic N) is 1. The molecule has 0 radical (unpaired) electrons. The average Bonchev–Trinajstić information content (AvgIpc) is 2.43. The molecule has 3 nitrogen and oxygen atoms in total. The van der Waals surface area contributed by atoms with E-state index in [-0.39, 0.29) is 12.6 Å². The molecule has 90 valence electrons. The number of carboxylic acids is 1. The van der Waals surface area contributed by atoms with Crippen molar-refractivity contribution < 1.29 is 9.90 Å². The molecule has 0 unspecified atom stereocenters. The average molecular weight is 306 g/mol. The summed E-state index contributed by atoms with van der Waals surface area (Å²) in [6, 6.07) is 2.30. The van der Waals surface area contributed by atoms with Crippen LogP contribution >= 0.6 is 27.3 Å². The van der Waals surface area contributed by atoms with Gasteiger partial charge in [-0.1, -0.05) is 0 Å². The van der Waals surface area contributed by atoms with Crippen LogP contribution in [-0.2, 0) is 11.3 Å². The highest BCUT2D eigenvalue weighted by molar-refractivity contribution is 9.10. The molecular weight excluding hydrogens is 290 g/mol. The van der Waals surface area contributed by atoms with Crippen LogP contribution < -0.4 is 0 Å². The van der Waals surface area contributed by atoms with Gasteiger partial charge in [0.2, 0.25) is 0 Å². The monoisotopic (exact) mass is 305 g/mol. The second-order valence-corrected chi connectivity index (χ2v) is 6.22. The van der Waals surface area contributed by atoms with E-state index < -0.39 is 5.97 Å². The molecule has 16 heavy (non-hydrogen) atoms. The zero-order valence-electron chi connectivity index (χ0n) is 9.66. The van der Waals surface area contributed by atoms with Gasteiger partial charge in [-0.3, -0.25) is 9.69 Å². The van der Waals surface area contributed by atoms with Gasteiger partial charge in [0.1, 0.15) is 0 Å². The third-order valence-corrected chi connectivity index (χ3v) is 4.30. The predicted molar refractivity (Wildman–Crippen MR) is 69.9 cm³/mol. The Morgan fingerprint density at radius 3 is 2.62 bits per heavy atom. The second-order valence-electron chi connectivity index (χ2n) is 4.02. The van der Waals surface area contributed by atoms with Crippen molar-refractivity contribution in [2.75, 3.05) is 6.54 Å². The Bertz CT molecular complexity index is 376. The molecule has 0 aliphatic carbocycles. The standard InChI is InChI=1S/C11H16BrNO2S/c1-7(2)13(6-11(14)15)5-10-9(12)4-8(3)16-10/h4,7H,5-6H2,1-3H3,(H,14,15). The van der Waals surface area contributed by atoms with Gasteiger partial charge in [-0.15, -0.1) is 11.3 Å². The maximum absolute atomic E-state index is 10.7. The van der Waals surface area contributed by atoms with Crippen molar-refractivity contribution in [3.63, 3.8) is 0 Å². The number of carboxylic acid groups (broad SMARTS) is 1. The van der Waals surface area contributed by atoms with Crippen molar-refractivity contribution in [3.8, 4) is 0 Å². The van der Waals surface area contributed by atoms with Crippen LogP contribution in [0.2, 0.25) is 0 Å². The summed E-state index contributed by atoms with van der Waals surface area (Å²) in [6.45, 7) is 6.84. The molecule has 1 aromatic rings. The largest absolute Gasteiger partial charge is 0.480 e. The first-order chi connectivity index (χ1) is 7.40. The van der Waals surface area contributed by atoms with E-state index in [0.717, 1.165) is 4.47 Å². The van der Waals surface area contributed by atoms with E-state index in [2.05, 4.69) is 28.9 Å². The summed E-state index contributed by atoms with van der Waals surface area (Å²) in [5.74, 6) is -0.780. The van der Waals surface area contributed by atoms with Crippen LogP contribution in [0.25, 0.3) is 0 Å². The number of carbonyl (C=O) groups is 1. The Kier molecular flexibility index (Phi) is 4.95. The number of aliphatic carboxylic acids is 1. The zero-order chi connectivity index (χ0) is 12.3. The summed E-state index contributed by atoms with van der Waals surface area (Å²) in [5, 5.41) is 8.84. The normalized spacial score (nSPS) is 11.4.